The van der Waals surface area contributed by atoms with E-state index in [-0.39, 0.29) is 0 Å². The first kappa shape index (κ1) is 16.6. The number of piperidine rings is 1. The van der Waals surface area contributed by atoms with Gasteiger partial charge in [0.05, 0.1) is 13.3 Å². The van der Waals surface area contributed by atoms with Gasteiger partial charge >= 0.3 is 0 Å². The second kappa shape index (κ2) is 7.18. The third-order valence-electron chi connectivity index (χ3n) is 5.64. The Morgan fingerprint density at radius 1 is 1.20 bits per heavy atom. The lowest BCUT2D eigenvalue weighted by molar-refractivity contribution is -0.00620. The molecule has 5 heteroatoms. The monoisotopic (exact) mass is 340 g/mol. The molecule has 0 saturated carbocycles. The molecule has 1 aromatic heterocycles. The third kappa shape index (κ3) is 3.44. The van der Waals surface area contributed by atoms with Crippen molar-refractivity contribution in [2.24, 2.45) is 0 Å². The van der Waals surface area contributed by atoms with Crippen LogP contribution in [0.1, 0.15) is 31.7 Å². The molecule has 2 aliphatic heterocycles. The zero-order chi connectivity index (χ0) is 17.2. The lowest BCUT2D eigenvalue weighted by atomic mass is 9.97. The van der Waals surface area contributed by atoms with Crippen LogP contribution in [0.4, 0.5) is 0 Å². The van der Waals surface area contributed by atoms with E-state index in [1.54, 1.807) is 7.11 Å². The Balaban J connectivity index is 1.35. The molecule has 1 aromatic carbocycles. The summed E-state index contributed by atoms with van der Waals surface area (Å²) in [6.07, 6.45) is 8.23. The van der Waals surface area contributed by atoms with Gasteiger partial charge in [-0.05, 0) is 38.4 Å². The average molecular weight is 340 g/mol. The fourth-order valence-electron chi connectivity index (χ4n) is 4.19. The number of methoxy groups -OCH3 is 1. The second-order valence-electron chi connectivity index (χ2n) is 7.40. The van der Waals surface area contributed by atoms with Crippen LogP contribution in [0, 0.1) is 0 Å². The quantitative estimate of drug-likeness (QED) is 0.838. The lowest BCUT2D eigenvalue weighted by Gasteiger charge is -2.49. The molecule has 0 amide bonds. The maximum absolute atomic E-state index is 5.44. The smallest absolute Gasteiger partial charge is 0.144 e. The summed E-state index contributed by atoms with van der Waals surface area (Å²) in [6, 6.07) is 9.51. The number of ether oxygens (including phenoxy) is 1. The molecule has 4 rings (SSSR count). The normalized spacial score (nSPS) is 22.7. The molecule has 134 valence electrons. The van der Waals surface area contributed by atoms with E-state index in [1.165, 1.54) is 44.5 Å². The van der Waals surface area contributed by atoms with Crippen molar-refractivity contribution < 1.29 is 4.74 Å². The summed E-state index contributed by atoms with van der Waals surface area (Å²) in [6.45, 7) is 7.02. The molecule has 0 spiro atoms. The van der Waals surface area contributed by atoms with Crippen LogP contribution in [0.3, 0.4) is 0 Å². The van der Waals surface area contributed by atoms with Gasteiger partial charge in [-0.2, -0.15) is 5.10 Å². The molecule has 0 aliphatic carbocycles. The van der Waals surface area contributed by atoms with Crippen LogP contribution in [-0.2, 0) is 6.54 Å². The van der Waals surface area contributed by atoms with Crippen molar-refractivity contribution in [3.8, 4) is 11.4 Å². The van der Waals surface area contributed by atoms with Gasteiger partial charge in [-0.3, -0.25) is 9.80 Å². The number of hydrogen-bond acceptors (Lipinski definition) is 4. The molecule has 0 bridgehead atoms. The largest absolute Gasteiger partial charge is 0.494 e. The first-order chi connectivity index (χ1) is 12.2. The molecule has 5 nitrogen and oxygen atoms in total. The molecule has 1 atom stereocenters. The lowest BCUT2D eigenvalue weighted by Crippen LogP contribution is -2.61. The molecule has 25 heavy (non-hydrogen) atoms. The highest BCUT2D eigenvalue weighted by Crippen LogP contribution is 2.26. The van der Waals surface area contributed by atoms with Gasteiger partial charge in [0.2, 0.25) is 0 Å². The summed E-state index contributed by atoms with van der Waals surface area (Å²) in [5.41, 5.74) is 2.25. The van der Waals surface area contributed by atoms with Crippen molar-refractivity contribution in [2.75, 3.05) is 26.7 Å². The second-order valence-corrected chi connectivity index (χ2v) is 7.40. The van der Waals surface area contributed by atoms with E-state index in [1.807, 2.05) is 35.1 Å². The highest BCUT2D eigenvalue weighted by atomic mass is 16.5. The summed E-state index contributed by atoms with van der Waals surface area (Å²) in [7, 11) is 1.70. The molecule has 2 aromatic rings. The fraction of sp³-hybridized carbons (Fsp3) is 0.550. The van der Waals surface area contributed by atoms with Crippen LogP contribution in [0.25, 0.3) is 5.69 Å². The number of para-hydroxylation sites is 2. The SMILES string of the molecule is COc1ccccc1-n1cc(CN2CC(N3CCCCC3C)C2)cn1. The van der Waals surface area contributed by atoms with Crippen molar-refractivity contribution in [2.45, 2.75) is 44.8 Å². The maximum atomic E-state index is 5.44. The maximum Gasteiger partial charge on any atom is 0.144 e. The Bertz CT molecular complexity index is 707. The molecule has 1 unspecified atom stereocenters. The molecule has 2 aliphatic rings. The molecular weight excluding hydrogens is 312 g/mol. The molecule has 0 radical (unpaired) electrons. The topological polar surface area (TPSA) is 33.5 Å². The molecule has 2 fully saturated rings. The minimum atomic E-state index is 0.750. The van der Waals surface area contributed by atoms with Gasteiger partial charge in [-0.1, -0.05) is 18.6 Å². The Labute approximate surface area is 150 Å². The number of aromatic nitrogens is 2. The van der Waals surface area contributed by atoms with Crippen LogP contribution >= 0.6 is 0 Å². The van der Waals surface area contributed by atoms with Crippen LogP contribution < -0.4 is 4.74 Å². The van der Waals surface area contributed by atoms with Crippen LogP contribution in [-0.4, -0.2) is 58.4 Å². The number of hydrogen-bond donors (Lipinski definition) is 0. The minimum Gasteiger partial charge on any atom is -0.494 e. The van der Waals surface area contributed by atoms with Crippen molar-refractivity contribution in [3.63, 3.8) is 0 Å². The third-order valence-corrected chi connectivity index (χ3v) is 5.64. The summed E-state index contributed by atoms with van der Waals surface area (Å²) < 4.78 is 7.35. The zero-order valence-electron chi connectivity index (χ0n) is 15.3. The summed E-state index contributed by atoms with van der Waals surface area (Å²) in [4.78, 5) is 5.24. The summed E-state index contributed by atoms with van der Waals surface area (Å²) in [5.74, 6) is 0.847. The van der Waals surface area contributed by atoms with Crippen LogP contribution in [0.2, 0.25) is 0 Å². The highest BCUT2D eigenvalue weighted by Gasteiger charge is 2.34. The van der Waals surface area contributed by atoms with Gasteiger partial charge in [0, 0.05) is 43.5 Å². The predicted molar refractivity (Wildman–Crippen MR) is 99.2 cm³/mol. The summed E-state index contributed by atoms with van der Waals surface area (Å²) in [5, 5.41) is 4.53. The van der Waals surface area contributed by atoms with Crippen molar-refractivity contribution in [3.05, 3.63) is 42.2 Å². The van der Waals surface area contributed by atoms with Gasteiger partial charge in [-0.25, -0.2) is 4.68 Å². The standard InChI is InChI=1S/C20H28N4O/c1-16-7-5-6-10-23(16)18-14-22(15-18)12-17-11-21-24(13-17)19-8-3-4-9-20(19)25-2/h3-4,8-9,11,13,16,18H,5-7,10,12,14-15H2,1-2H3. The van der Waals surface area contributed by atoms with Gasteiger partial charge < -0.3 is 4.74 Å². The number of likely N-dealkylation sites (tertiary alicyclic amines) is 2. The van der Waals surface area contributed by atoms with Crippen LogP contribution in [0.5, 0.6) is 5.75 Å². The Hall–Kier alpha value is -1.85. The van der Waals surface area contributed by atoms with Crippen LogP contribution in [0.15, 0.2) is 36.7 Å². The first-order valence-corrected chi connectivity index (χ1v) is 9.39. The Kier molecular flexibility index (Phi) is 4.77. The first-order valence-electron chi connectivity index (χ1n) is 9.39. The van der Waals surface area contributed by atoms with Crippen molar-refractivity contribution in [1.29, 1.82) is 0 Å². The highest BCUT2D eigenvalue weighted by molar-refractivity contribution is 5.46. The van der Waals surface area contributed by atoms with Crippen molar-refractivity contribution >= 4 is 0 Å². The average Bonchev–Trinajstić information content (AvgIpc) is 3.07. The predicted octanol–water partition coefficient (Wildman–Crippen LogP) is 2.94. The molecule has 0 N–H and O–H groups in total. The van der Waals surface area contributed by atoms with Gasteiger partial charge in [0.25, 0.3) is 0 Å². The van der Waals surface area contributed by atoms with E-state index in [2.05, 4.69) is 28.0 Å². The van der Waals surface area contributed by atoms with E-state index in [0.717, 1.165) is 30.1 Å². The van der Waals surface area contributed by atoms with Gasteiger partial charge in [0.1, 0.15) is 11.4 Å². The zero-order valence-corrected chi connectivity index (χ0v) is 15.3. The minimum absolute atomic E-state index is 0.750. The molecular formula is C20H28N4O. The van der Waals surface area contributed by atoms with Crippen molar-refractivity contribution in [1.82, 2.24) is 19.6 Å². The summed E-state index contributed by atoms with van der Waals surface area (Å²) >= 11 is 0. The van der Waals surface area contributed by atoms with E-state index >= 15 is 0 Å². The van der Waals surface area contributed by atoms with Gasteiger partial charge in [-0.15, -0.1) is 0 Å². The van der Waals surface area contributed by atoms with E-state index in [0.29, 0.717) is 0 Å². The van der Waals surface area contributed by atoms with Gasteiger partial charge in [0.15, 0.2) is 0 Å². The molecule has 2 saturated heterocycles. The number of rotatable bonds is 5. The van der Waals surface area contributed by atoms with E-state index in [9.17, 15) is 0 Å². The number of benzene rings is 1. The van der Waals surface area contributed by atoms with E-state index in [4.69, 9.17) is 4.74 Å². The van der Waals surface area contributed by atoms with E-state index < -0.39 is 0 Å². The Morgan fingerprint density at radius 2 is 2.04 bits per heavy atom. The molecule has 3 heterocycles. The number of nitrogens with zero attached hydrogens (tertiary/aromatic N) is 4. The Morgan fingerprint density at radius 3 is 2.84 bits per heavy atom. The fourth-order valence-corrected chi connectivity index (χ4v) is 4.19.